The Balaban J connectivity index is 0.00000288. The van der Waals surface area contributed by atoms with Gasteiger partial charge in [-0.3, -0.25) is 4.79 Å². The summed E-state index contributed by atoms with van der Waals surface area (Å²) in [4.78, 5) is 11.8. The topological polar surface area (TPSA) is 78.5 Å². The van der Waals surface area contributed by atoms with E-state index in [1.165, 1.54) is 12.1 Å². The van der Waals surface area contributed by atoms with Gasteiger partial charge in [0.15, 0.2) is 0 Å². The Hall–Kier alpha value is -1.15. The molecule has 136 valence electrons. The zero-order valence-electron chi connectivity index (χ0n) is 14.1. The average Bonchev–Trinajstić information content (AvgIpc) is 2.59. The lowest BCUT2D eigenvalue weighted by atomic mass is 10.1. The maximum absolute atomic E-state index is 13.0. The molecule has 6 nitrogen and oxygen atoms in total. The maximum atomic E-state index is 13.0. The fourth-order valence-electron chi connectivity index (χ4n) is 2.87. The minimum absolute atomic E-state index is 0. The van der Waals surface area contributed by atoms with Crippen molar-refractivity contribution in [1.29, 1.82) is 0 Å². The number of rotatable bonds is 6. The van der Waals surface area contributed by atoms with E-state index in [1.54, 1.807) is 23.5 Å². The third-order valence-corrected chi connectivity index (χ3v) is 6.08. The van der Waals surface area contributed by atoms with E-state index >= 15 is 0 Å². The molecule has 0 aliphatic carbocycles. The summed E-state index contributed by atoms with van der Waals surface area (Å²) in [6.45, 7) is 4.19. The Kier molecular flexibility index (Phi) is 8.15. The average molecular weight is 376 g/mol. The molecule has 2 rings (SSSR count). The molecular formula is C16H26ClN3O3S. The molecular weight excluding hydrogens is 350 g/mol. The maximum Gasteiger partial charge on any atom is 0.251 e. The number of sulfonamides is 1. The first-order valence-corrected chi connectivity index (χ1v) is 9.49. The number of halogens is 1. The quantitative estimate of drug-likeness (QED) is 0.792. The SMILES string of the molecule is CCCN(C1CCNCC1)S(=O)(=O)c1ccc(C(=O)NC)cc1.Cl. The lowest BCUT2D eigenvalue weighted by Gasteiger charge is -2.33. The van der Waals surface area contributed by atoms with Crippen LogP contribution in [0.15, 0.2) is 29.2 Å². The van der Waals surface area contributed by atoms with Crippen LogP contribution in [0.2, 0.25) is 0 Å². The third kappa shape index (κ3) is 4.69. The number of carbonyl (C=O) groups is 1. The number of benzene rings is 1. The summed E-state index contributed by atoms with van der Waals surface area (Å²) in [7, 11) is -1.99. The molecule has 0 bridgehead atoms. The van der Waals surface area contributed by atoms with Gasteiger partial charge in [0, 0.05) is 25.2 Å². The fourth-order valence-corrected chi connectivity index (χ4v) is 4.65. The highest BCUT2D eigenvalue weighted by Crippen LogP contribution is 2.23. The molecule has 0 unspecified atom stereocenters. The first-order chi connectivity index (χ1) is 11.0. The van der Waals surface area contributed by atoms with Gasteiger partial charge in [0.2, 0.25) is 10.0 Å². The largest absolute Gasteiger partial charge is 0.355 e. The Morgan fingerprint density at radius 1 is 1.25 bits per heavy atom. The highest BCUT2D eigenvalue weighted by molar-refractivity contribution is 7.89. The van der Waals surface area contributed by atoms with Gasteiger partial charge in [0.05, 0.1) is 4.90 Å². The normalized spacial score (nSPS) is 15.8. The van der Waals surface area contributed by atoms with Crippen molar-refractivity contribution in [3.63, 3.8) is 0 Å². The van der Waals surface area contributed by atoms with Crippen LogP contribution in [0.5, 0.6) is 0 Å². The van der Waals surface area contributed by atoms with Gasteiger partial charge in [-0.2, -0.15) is 4.31 Å². The van der Waals surface area contributed by atoms with E-state index in [9.17, 15) is 13.2 Å². The van der Waals surface area contributed by atoms with Crippen LogP contribution in [0.3, 0.4) is 0 Å². The third-order valence-electron chi connectivity index (χ3n) is 4.11. The van der Waals surface area contributed by atoms with Crippen LogP contribution < -0.4 is 10.6 Å². The fraction of sp³-hybridized carbons (Fsp3) is 0.562. The van der Waals surface area contributed by atoms with E-state index in [2.05, 4.69) is 10.6 Å². The Morgan fingerprint density at radius 2 is 1.83 bits per heavy atom. The van der Waals surface area contributed by atoms with Gasteiger partial charge in [0.1, 0.15) is 0 Å². The molecule has 24 heavy (non-hydrogen) atoms. The van der Waals surface area contributed by atoms with Gasteiger partial charge in [-0.1, -0.05) is 6.92 Å². The van der Waals surface area contributed by atoms with Crippen LogP contribution in [0.4, 0.5) is 0 Å². The van der Waals surface area contributed by atoms with Gasteiger partial charge >= 0.3 is 0 Å². The number of hydrogen-bond donors (Lipinski definition) is 2. The summed E-state index contributed by atoms with van der Waals surface area (Å²) in [6, 6.07) is 6.18. The molecule has 0 aromatic heterocycles. The lowest BCUT2D eigenvalue weighted by molar-refractivity contribution is 0.0963. The van der Waals surface area contributed by atoms with Crippen LogP contribution in [0.25, 0.3) is 0 Å². The summed E-state index contributed by atoms with van der Waals surface area (Å²) in [6.07, 6.45) is 2.44. The van der Waals surface area contributed by atoms with Crippen LogP contribution in [0, 0.1) is 0 Å². The smallest absolute Gasteiger partial charge is 0.251 e. The van der Waals surface area contributed by atoms with Crippen LogP contribution in [-0.4, -0.2) is 51.4 Å². The zero-order valence-corrected chi connectivity index (χ0v) is 15.8. The molecule has 1 aromatic carbocycles. The van der Waals surface area contributed by atoms with Gasteiger partial charge in [-0.15, -0.1) is 12.4 Å². The molecule has 8 heteroatoms. The molecule has 1 aromatic rings. The summed E-state index contributed by atoms with van der Waals surface area (Å²) in [5, 5.41) is 5.79. The first-order valence-electron chi connectivity index (χ1n) is 8.05. The van der Waals surface area contributed by atoms with E-state index < -0.39 is 10.0 Å². The predicted octanol–water partition coefficient (Wildman–Crippen LogP) is 1.62. The highest BCUT2D eigenvalue weighted by Gasteiger charge is 2.31. The summed E-state index contributed by atoms with van der Waals surface area (Å²) >= 11 is 0. The van der Waals surface area contributed by atoms with E-state index in [4.69, 9.17) is 0 Å². The van der Waals surface area contributed by atoms with Crippen molar-refractivity contribution < 1.29 is 13.2 Å². The van der Waals surface area contributed by atoms with Crippen molar-refractivity contribution in [3.05, 3.63) is 29.8 Å². The summed E-state index contributed by atoms with van der Waals surface area (Å²) in [5.41, 5.74) is 0.454. The van der Waals surface area contributed by atoms with Gasteiger partial charge < -0.3 is 10.6 Å². The van der Waals surface area contributed by atoms with Crippen molar-refractivity contribution >= 4 is 28.3 Å². The van der Waals surface area contributed by atoms with Crippen LogP contribution in [-0.2, 0) is 10.0 Å². The number of hydrogen-bond acceptors (Lipinski definition) is 4. The zero-order chi connectivity index (χ0) is 16.9. The first kappa shape index (κ1) is 20.9. The molecule has 0 radical (unpaired) electrons. The van der Waals surface area contributed by atoms with E-state index in [0.717, 1.165) is 32.4 Å². The molecule has 1 fully saturated rings. The predicted molar refractivity (Wildman–Crippen MR) is 97.2 cm³/mol. The van der Waals surface area contributed by atoms with Crippen LogP contribution in [0.1, 0.15) is 36.5 Å². The number of nitrogens with one attached hydrogen (secondary N) is 2. The number of carbonyl (C=O) groups excluding carboxylic acids is 1. The number of amides is 1. The monoisotopic (exact) mass is 375 g/mol. The van der Waals surface area contributed by atoms with Crippen molar-refractivity contribution in [1.82, 2.24) is 14.9 Å². The second kappa shape index (κ2) is 9.36. The van der Waals surface area contributed by atoms with Crippen molar-refractivity contribution in [2.45, 2.75) is 37.1 Å². The van der Waals surface area contributed by atoms with Gasteiger partial charge in [0.25, 0.3) is 5.91 Å². The van der Waals surface area contributed by atoms with Crippen molar-refractivity contribution in [2.24, 2.45) is 0 Å². The molecule has 1 aliphatic rings. The standard InChI is InChI=1S/C16H25N3O3S.ClH/c1-3-12-19(14-8-10-18-11-9-14)23(21,22)15-6-4-13(5-7-15)16(20)17-2;/h4-7,14,18H,3,8-12H2,1-2H3,(H,17,20);1H. The van der Waals surface area contributed by atoms with Crippen LogP contribution >= 0.6 is 12.4 Å². The molecule has 1 heterocycles. The summed E-state index contributed by atoms with van der Waals surface area (Å²) < 4.78 is 27.6. The molecule has 2 N–H and O–H groups in total. The number of nitrogens with zero attached hydrogens (tertiary/aromatic N) is 1. The van der Waals surface area contributed by atoms with E-state index in [-0.39, 0.29) is 29.3 Å². The number of piperidine rings is 1. The highest BCUT2D eigenvalue weighted by atomic mass is 35.5. The van der Waals surface area contributed by atoms with Crippen molar-refractivity contribution in [3.8, 4) is 0 Å². The minimum atomic E-state index is -3.54. The molecule has 0 atom stereocenters. The molecule has 0 spiro atoms. The second-order valence-electron chi connectivity index (χ2n) is 5.70. The van der Waals surface area contributed by atoms with E-state index in [1.807, 2.05) is 6.92 Å². The Labute approximate surface area is 150 Å². The molecule has 0 saturated carbocycles. The summed E-state index contributed by atoms with van der Waals surface area (Å²) in [5.74, 6) is -0.224. The molecule has 1 amide bonds. The second-order valence-corrected chi connectivity index (χ2v) is 7.59. The lowest BCUT2D eigenvalue weighted by Crippen LogP contribution is -2.46. The molecule has 1 saturated heterocycles. The Bertz CT molecular complexity index is 628. The van der Waals surface area contributed by atoms with Crippen molar-refractivity contribution in [2.75, 3.05) is 26.7 Å². The van der Waals surface area contributed by atoms with Gasteiger partial charge in [-0.05, 0) is 56.6 Å². The minimum Gasteiger partial charge on any atom is -0.355 e. The van der Waals surface area contributed by atoms with E-state index in [0.29, 0.717) is 12.1 Å². The van der Waals surface area contributed by atoms with Gasteiger partial charge in [-0.25, -0.2) is 8.42 Å². The molecule has 1 aliphatic heterocycles. The Morgan fingerprint density at radius 3 is 2.33 bits per heavy atom.